The smallest absolute Gasteiger partial charge is 0.326 e. The summed E-state index contributed by atoms with van der Waals surface area (Å²) in [6.07, 6.45) is 6.64. The molecular formula is C12H18N4O3. The highest BCUT2D eigenvalue weighted by Gasteiger charge is 2.22. The summed E-state index contributed by atoms with van der Waals surface area (Å²) in [4.78, 5) is 29.3. The van der Waals surface area contributed by atoms with Gasteiger partial charge in [-0.15, -0.1) is 0 Å². The van der Waals surface area contributed by atoms with Crippen molar-refractivity contribution in [2.45, 2.75) is 31.7 Å². The molecule has 0 aromatic carbocycles. The molecule has 0 unspecified atom stereocenters. The first-order chi connectivity index (χ1) is 9.15. The van der Waals surface area contributed by atoms with Crippen LogP contribution in [-0.2, 0) is 11.2 Å². The van der Waals surface area contributed by atoms with Crippen LogP contribution in [0.1, 0.15) is 25.0 Å². The van der Waals surface area contributed by atoms with Crippen molar-refractivity contribution < 1.29 is 14.7 Å². The van der Waals surface area contributed by atoms with Gasteiger partial charge in [-0.25, -0.2) is 14.6 Å². The molecule has 1 aromatic rings. The number of aromatic nitrogens is 2. The van der Waals surface area contributed by atoms with E-state index in [1.165, 1.54) is 19.2 Å². The quantitative estimate of drug-likeness (QED) is 0.576. The lowest BCUT2D eigenvalue weighted by molar-refractivity contribution is -0.139. The third kappa shape index (κ3) is 4.61. The number of aromatic amines is 1. The molecule has 1 aliphatic rings. The number of carboxylic acid groups (broad SMARTS) is 1. The van der Waals surface area contributed by atoms with Crippen LogP contribution in [-0.4, -0.2) is 39.7 Å². The van der Waals surface area contributed by atoms with Crippen LogP contribution in [0.3, 0.4) is 0 Å². The number of amides is 2. The van der Waals surface area contributed by atoms with Crippen molar-refractivity contribution in [3.8, 4) is 0 Å². The summed E-state index contributed by atoms with van der Waals surface area (Å²) in [5, 5.41) is 14.2. The fraction of sp³-hybridized carbons (Fsp3) is 0.583. The van der Waals surface area contributed by atoms with Gasteiger partial charge in [0.15, 0.2) is 0 Å². The van der Waals surface area contributed by atoms with Crippen LogP contribution >= 0.6 is 0 Å². The van der Waals surface area contributed by atoms with E-state index in [0.29, 0.717) is 12.2 Å². The molecule has 7 heteroatoms. The minimum atomic E-state index is -1.06. The zero-order valence-electron chi connectivity index (χ0n) is 10.6. The van der Waals surface area contributed by atoms with Crippen LogP contribution in [0, 0.1) is 5.92 Å². The summed E-state index contributed by atoms with van der Waals surface area (Å²) in [7, 11) is 0. The average molecular weight is 266 g/mol. The Morgan fingerprint density at radius 1 is 1.53 bits per heavy atom. The monoisotopic (exact) mass is 266 g/mol. The third-order valence-electron chi connectivity index (χ3n) is 3.12. The summed E-state index contributed by atoms with van der Waals surface area (Å²) in [5.74, 6) is -0.326. The van der Waals surface area contributed by atoms with E-state index in [4.69, 9.17) is 5.11 Å². The molecule has 0 radical (unpaired) electrons. The lowest BCUT2D eigenvalue weighted by atomic mass is 10.2. The van der Waals surface area contributed by atoms with E-state index >= 15 is 0 Å². The first-order valence-corrected chi connectivity index (χ1v) is 6.39. The second-order valence-corrected chi connectivity index (χ2v) is 4.80. The van der Waals surface area contributed by atoms with Crippen molar-refractivity contribution in [1.29, 1.82) is 0 Å². The number of carbonyl (C=O) groups is 2. The van der Waals surface area contributed by atoms with E-state index in [2.05, 4.69) is 20.6 Å². The molecule has 2 amide bonds. The molecule has 0 aliphatic heterocycles. The molecule has 1 aromatic heterocycles. The van der Waals surface area contributed by atoms with Crippen molar-refractivity contribution in [3.63, 3.8) is 0 Å². The molecule has 1 aliphatic carbocycles. The molecule has 104 valence electrons. The van der Waals surface area contributed by atoms with Gasteiger partial charge in [-0.1, -0.05) is 12.8 Å². The normalized spacial score (nSPS) is 15.8. The van der Waals surface area contributed by atoms with Gasteiger partial charge in [-0.2, -0.15) is 0 Å². The number of aliphatic carboxylic acids is 1. The Morgan fingerprint density at radius 2 is 2.32 bits per heavy atom. The van der Waals surface area contributed by atoms with E-state index in [0.717, 1.165) is 12.3 Å². The number of carbonyl (C=O) groups excluding carboxylic acids is 1. The topological polar surface area (TPSA) is 107 Å². The highest BCUT2D eigenvalue weighted by atomic mass is 16.4. The highest BCUT2D eigenvalue weighted by molar-refractivity contribution is 5.82. The van der Waals surface area contributed by atoms with Crippen molar-refractivity contribution in [3.05, 3.63) is 18.2 Å². The summed E-state index contributed by atoms with van der Waals surface area (Å²) in [5.41, 5.74) is 0.672. The molecule has 1 saturated carbocycles. The summed E-state index contributed by atoms with van der Waals surface area (Å²) in [6, 6.07) is -1.39. The Kier molecular flexibility index (Phi) is 4.38. The van der Waals surface area contributed by atoms with Gasteiger partial charge in [-0.3, -0.25) is 0 Å². The van der Waals surface area contributed by atoms with Gasteiger partial charge in [0, 0.05) is 24.9 Å². The van der Waals surface area contributed by atoms with E-state index in [1.54, 1.807) is 6.20 Å². The van der Waals surface area contributed by atoms with Gasteiger partial charge in [-0.05, 0) is 12.3 Å². The molecule has 1 heterocycles. The first-order valence-electron chi connectivity index (χ1n) is 6.39. The number of nitrogens with zero attached hydrogens (tertiary/aromatic N) is 1. The second kappa shape index (κ2) is 6.21. The van der Waals surface area contributed by atoms with Crippen molar-refractivity contribution in [2.24, 2.45) is 5.92 Å². The van der Waals surface area contributed by atoms with E-state index in [-0.39, 0.29) is 6.42 Å². The van der Waals surface area contributed by atoms with Crippen molar-refractivity contribution in [2.75, 3.05) is 6.54 Å². The number of urea groups is 1. The summed E-state index contributed by atoms with van der Waals surface area (Å²) >= 11 is 0. The predicted molar refractivity (Wildman–Crippen MR) is 67.6 cm³/mol. The Labute approximate surface area is 110 Å². The number of nitrogens with one attached hydrogen (secondary N) is 3. The van der Waals surface area contributed by atoms with Crippen LogP contribution in [0.2, 0.25) is 0 Å². The minimum Gasteiger partial charge on any atom is -0.480 e. The molecule has 0 spiro atoms. The first kappa shape index (κ1) is 13.4. The van der Waals surface area contributed by atoms with Gasteiger partial charge in [0.1, 0.15) is 6.04 Å². The van der Waals surface area contributed by atoms with E-state index < -0.39 is 18.0 Å². The zero-order chi connectivity index (χ0) is 13.7. The van der Waals surface area contributed by atoms with E-state index in [9.17, 15) is 9.59 Å². The lowest BCUT2D eigenvalue weighted by Crippen LogP contribution is -2.47. The lowest BCUT2D eigenvalue weighted by Gasteiger charge is -2.14. The van der Waals surface area contributed by atoms with Crippen LogP contribution in [0.15, 0.2) is 12.5 Å². The Morgan fingerprint density at radius 3 is 2.89 bits per heavy atom. The van der Waals surface area contributed by atoms with Crippen LogP contribution in [0.5, 0.6) is 0 Å². The molecule has 19 heavy (non-hydrogen) atoms. The Hall–Kier alpha value is -2.05. The van der Waals surface area contributed by atoms with Crippen LogP contribution in [0.4, 0.5) is 4.79 Å². The molecule has 0 saturated heterocycles. The molecule has 1 fully saturated rings. The van der Waals surface area contributed by atoms with E-state index in [1.807, 2.05) is 0 Å². The van der Waals surface area contributed by atoms with Crippen molar-refractivity contribution >= 4 is 12.0 Å². The number of hydrogen-bond donors (Lipinski definition) is 4. The van der Waals surface area contributed by atoms with Gasteiger partial charge >= 0.3 is 12.0 Å². The predicted octanol–water partition coefficient (Wildman–Crippen LogP) is 0.505. The van der Waals surface area contributed by atoms with Gasteiger partial charge in [0.2, 0.25) is 0 Å². The van der Waals surface area contributed by atoms with Gasteiger partial charge < -0.3 is 20.7 Å². The molecule has 2 rings (SSSR count). The van der Waals surface area contributed by atoms with Crippen LogP contribution in [0.25, 0.3) is 0 Å². The summed E-state index contributed by atoms with van der Waals surface area (Å²) < 4.78 is 0. The molecule has 4 N–H and O–H groups in total. The maximum absolute atomic E-state index is 11.6. The van der Waals surface area contributed by atoms with Gasteiger partial charge in [0.25, 0.3) is 0 Å². The third-order valence-corrected chi connectivity index (χ3v) is 3.12. The molecular weight excluding hydrogens is 248 g/mol. The largest absolute Gasteiger partial charge is 0.480 e. The number of carboxylic acids is 1. The fourth-order valence-electron chi connectivity index (χ4n) is 1.82. The minimum absolute atomic E-state index is 0.186. The SMILES string of the molecule is O=C(NCCC1CC1)N[C@@H](Cc1cnc[nH]1)C(=O)O. The van der Waals surface area contributed by atoms with Crippen LogP contribution < -0.4 is 10.6 Å². The standard InChI is InChI=1S/C12H18N4O3/c17-11(18)10(5-9-6-13-7-15-9)16-12(19)14-4-3-8-1-2-8/h6-8,10H,1-5H2,(H,13,15)(H,17,18)(H2,14,16,19)/t10-/m0/s1. The number of H-pyrrole nitrogens is 1. The Balaban J connectivity index is 1.74. The number of hydrogen-bond acceptors (Lipinski definition) is 3. The second-order valence-electron chi connectivity index (χ2n) is 4.80. The fourth-order valence-corrected chi connectivity index (χ4v) is 1.82. The maximum Gasteiger partial charge on any atom is 0.326 e. The maximum atomic E-state index is 11.6. The summed E-state index contributed by atoms with van der Waals surface area (Å²) in [6.45, 7) is 0.590. The highest BCUT2D eigenvalue weighted by Crippen LogP contribution is 2.31. The number of rotatable bonds is 7. The van der Waals surface area contributed by atoms with Gasteiger partial charge in [0.05, 0.1) is 6.33 Å². The average Bonchev–Trinajstić information content (AvgIpc) is 3.03. The van der Waals surface area contributed by atoms with Crippen molar-refractivity contribution in [1.82, 2.24) is 20.6 Å². The zero-order valence-corrected chi connectivity index (χ0v) is 10.6. The molecule has 0 bridgehead atoms. The Bertz CT molecular complexity index is 428. The molecule has 1 atom stereocenters. The molecule has 7 nitrogen and oxygen atoms in total. The number of imidazole rings is 1.